The van der Waals surface area contributed by atoms with Crippen LogP contribution < -0.4 is 0 Å². The van der Waals surface area contributed by atoms with Crippen molar-refractivity contribution >= 4 is 18.9 Å². The summed E-state index contributed by atoms with van der Waals surface area (Å²) in [5, 5.41) is 17.5. The van der Waals surface area contributed by atoms with E-state index >= 15 is 0 Å². The first-order chi connectivity index (χ1) is 6.77. The van der Waals surface area contributed by atoms with Crippen molar-refractivity contribution in [3.05, 3.63) is 11.8 Å². The van der Waals surface area contributed by atoms with Crippen LogP contribution in [0, 0.1) is 0 Å². The average Bonchev–Trinajstić information content (AvgIpc) is 2.15. The predicted octanol–water partition coefficient (Wildman–Crippen LogP) is 0.158. The van der Waals surface area contributed by atoms with Crippen molar-refractivity contribution in [1.29, 1.82) is 0 Å². The number of allylic oxidation sites excluding steroid dienone is 1. The number of aliphatic hydroxyl groups excluding tert-OH is 2. The molecule has 4 nitrogen and oxygen atoms in total. The van der Waals surface area contributed by atoms with Crippen LogP contribution in [-0.2, 0) is 9.59 Å². The van der Waals surface area contributed by atoms with Gasteiger partial charge in [-0.25, -0.2) is 0 Å². The molecule has 0 saturated heterocycles. The Hall–Kier alpha value is -0.783. The molecule has 0 bridgehead atoms. The van der Waals surface area contributed by atoms with Crippen LogP contribution in [-0.4, -0.2) is 41.3 Å². The molecule has 0 radical (unpaired) electrons. The lowest BCUT2D eigenvalue weighted by Gasteiger charge is -2.23. The third-order valence-electron chi connectivity index (χ3n) is 2.28. The van der Waals surface area contributed by atoms with Crippen molar-refractivity contribution in [3.8, 4) is 0 Å². The van der Waals surface area contributed by atoms with Gasteiger partial charge in [-0.3, -0.25) is 0 Å². The van der Waals surface area contributed by atoms with Crippen LogP contribution in [0.15, 0.2) is 11.8 Å². The standard InChI is InChI=1S/C10H18O4Si/c1-5-6-15(4,9(13)7(2)11)10(14)8(3)12/h5-8,11-12H,1-4H3. The number of hydrogen-bond acceptors (Lipinski definition) is 4. The number of carbonyl (C=O) groups is 2. The molecule has 0 spiro atoms. The van der Waals surface area contributed by atoms with Crippen molar-refractivity contribution in [2.45, 2.75) is 39.5 Å². The molecule has 2 atom stereocenters. The zero-order valence-corrected chi connectivity index (χ0v) is 10.5. The SMILES string of the molecule is CC=C[Si](C)(C(=O)C(C)O)C(=O)C(C)O. The summed E-state index contributed by atoms with van der Waals surface area (Å²) >= 11 is 0. The third kappa shape index (κ3) is 3.09. The minimum Gasteiger partial charge on any atom is -0.386 e. The van der Waals surface area contributed by atoms with Gasteiger partial charge >= 0.3 is 0 Å². The molecular weight excluding hydrogens is 212 g/mol. The van der Waals surface area contributed by atoms with E-state index in [2.05, 4.69) is 0 Å². The summed E-state index contributed by atoms with van der Waals surface area (Å²) in [6, 6.07) is 0. The Labute approximate surface area is 90.6 Å². The summed E-state index contributed by atoms with van der Waals surface area (Å²) < 4.78 is 0. The highest BCUT2D eigenvalue weighted by Gasteiger charge is 2.44. The molecule has 0 rings (SSSR count). The first-order valence-electron chi connectivity index (χ1n) is 4.86. The highest BCUT2D eigenvalue weighted by molar-refractivity contribution is 7.27. The van der Waals surface area contributed by atoms with Crippen LogP contribution in [0.25, 0.3) is 0 Å². The van der Waals surface area contributed by atoms with Gasteiger partial charge < -0.3 is 19.8 Å². The van der Waals surface area contributed by atoms with Crippen LogP contribution in [0.3, 0.4) is 0 Å². The molecule has 0 amide bonds. The maximum Gasteiger partial charge on any atom is 0.234 e. The van der Waals surface area contributed by atoms with E-state index in [0.29, 0.717) is 0 Å². The third-order valence-corrected chi connectivity index (χ3v) is 6.17. The number of rotatable bonds is 5. The van der Waals surface area contributed by atoms with Crippen LogP contribution in [0.5, 0.6) is 0 Å². The minimum atomic E-state index is -3.04. The van der Waals surface area contributed by atoms with Crippen molar-refractivity contribution in [3.63, 3.8) is 0 Å². The fourth-order valence-corrected chi connectivity index (χ4v) is 4.46. The van der Waals surface area contributed by atoms with Gasteiger partial charge in [0, 0.05) is 0 Å². The van der Waals surface area contributed by atoms with Crippen LogP contribution in [0.2, 0.25) is 6.55 Å². The smallest absolute Gasteiger partial charge is 0.234 e. The van der Waals surface area contributed by atoms with Crippen LogP contribution in [0.1, 0.15) is 20.8 Å². The lowest BCUT2D eigenvalue weighted by atomic mass is 10.4. The largest absolute Gasteiger partial charge is 0.386 e. The van der Waals surface area contributed by atoms with Crippen LogP contribution >= 0.6 is 0 Å². The van der Waals surface area contributed by atoms with E-state index in [4.69, 9.17) is 0 Å². The molecule has 0 aromatic rings. The van der Waals surface area contributed by atoms with E-state index < -0.39 is 31.1 Å². The second kappa shape index (κ2) is 5.34. The van der Waals surface area contributed by atoms with E-state index in [9.17, 15) is 19.8 Å². The summed E-state index contributed by atoms with van der Waals surface area (Å²) in [4.78, 5) is 23.5. The Morgan fingerprint density at radius 3 is 1.67 bits per heavy atom. The maximum absolute atomic E-state index is 11.7. The van der Waals surface area contributed by atoms with E-state index in [1.807, 2.05) is 0 Å². The molecule has 0 fully saturated rings. The zero-order chi connectivity index (χ0) is 12.2. The number of hydrogen-bond donors (Lipinski definition) is 2. The Morgan fingerprint density at radius 1 is 1.13 bits per heavy atom. The van der Waals surface area contributed by atoms with E-state index in [1.54, 1.807) is 13.0 Å². The maximum atomic E-state index is 11.7. The summed E-state index contributed by atoms with van der Waals surface area (Å²) in [6.45, 7) is 5.92. The Balaban J connectivity index is 5.25. The Morgan fingerprint density at radius 2 is 1.47 bits per heavy atom. The van der Waals surface area contributed by atoms with Crippen molar-refractivity contribution in [1.82, 2.24) is 0 Å². The fraction of sp³-hybridized carbons (Fsp3) is 0.600. The monoisotopic (exact) mass is 230 g/mol. The molecule has 2 unspecified atom stereocenters. The molecule has 2 N–H and O–H groups in total. The van der Waals surface area contributed by atoms with Gasteiger partial charge in [0.1, 0.15) is 12.2 Å². The second-order valence-corrected chi connectivity index (χ2v) is 7.51. The molecule has 0 saturated carbocycles. The first-order valence-corrected chi connectivity index (χ1v) is 7.43. The topological polar surface area (TPSA) is 74.6 Å². The normalized spacial score (nSPS) is 19.6. The van der Waals surface area contributed by atoms with Gasteiger partial charge in [0.2, 0.25) is 8.07 Å². The highest BCUT2D eigenvalue weighted by Crippen LogP contribution is 2.13. The molecule has 86 valence electrons. The van der Waals surface area contributed by atoms with Crippen LogP contribution in [0.4, 0.5) is 0 Å². The molecule has 0 aromatic carbocycles. The number of carbonyl (C=O) groups excluding carboxylic acids is 2. The highest BCUT2D eigenvalue weighted by atomic mass is 28.3. The molecule has 0 heterocycles. The van der Waals surface area contributed by atoms with Gasteiger partial charge in [-0.05, 0) is 20.8 Å². The second-order valence-electron chi connectivity index (χ2n) is 3.78. The quantitative estimate of drug-likeness (QED) is 0.660. The summed E-state index contributed by atoms with van der Waals surface area (Å²) in [6.07, 6.45) is -0.714. The lowest BCUT2D eigenvalue weighted by molar-refractivity contribution is -0.123. The Bertz CT molecular complexity index is 261. The summed E-state index contributed by atoms with van der Waals surface area (Å²) in [5.74, 6) is 0. The molecule has 0 aliphatic heterocycles. The summed E-state index contributed by atoms with van der Waals surface area (Å²) in [5.41, 5.74) is 1.54. The Kier molecular flexibility index (Phi) is 5.06. The van der Waals surface area contributed by atoms with Gasteiger partial charge in [-0.15, -0.1) is 0 Å². The van der Waals surface area contributed by atoms with Gasteiger partial charge in [0.05, 0.1) is 0 Å². The van der Waals surface area contributed by atoms with Gasteiger partial charge in [-0.1, -0.05) is 18.3 Å². The molecule has 0 aromatic heterocycles. The van der Waals surface area contributed by atoms with Gasteiger partial charge in [-0.2, -0.15) is 0 Å². The van der Waals surface area contributed by atoms with Crippen molar-refractivity contribution in [2.75, 3.05) is 0 Å². The van der Waals surface area contributed by atoms with E-state index in [1.165, 1.54) is 26.1 Å². The van der Waals surface area contributed by atoms with Crippen molar-refractivity contribution in [2.24, 2.45) is 0 Å². The molecular formula is C10H18O4Si. The predicted molar refractivity (Wildman–Crippen MR) is 59.8 cm³/mol. The molecule has 0 aliphatic carbocycles. The zero-order valence-electron chi connectivity index (χ0n) is 9.52. The van der Waals surface area contributed by atoms with Crippen molar-refractivity contribution < 1.29 is 19.8 Å². The molecule has 5 heteroatoms. The average molecular weight is 230 g/mol. The lowest BCUT2D eigenvalue weighted by Crippen LogP contribution is -2.55. The van der Waals surface area contributed by atoms with E-state index in [-0.39, 0.29) is 0 Å². The van der Waals surface area contributed by atoms with Gasteiger partial charge in [0.15, 0.2) is 10.8 Å². The summed E-state index contributed by atoms with van der Waals surface area (Å²) in [7, 11) is -3.04. The molecule has 0 aliphatic rings. The minimum absolute atomic E-state index is 0.466. The first kappa shape index (κ1) is 14.2. The number of aliphatic hydroxyl groups is 2. The molecule has 15 heavy (non-hydrogen) atoms. The van der Waals surface area contributed by atoms with Gasteiger partial charge in [0.25, 0.3) is 0 Å². The van der Waals surface area contributed by atoms with E-state index in [0.717, 1.165) is 0 Å². The fourth-order valence-electron chi connectivity index (χ4n) is 1.49.